The number of hydrogen-bond donors (Lipinski definition) is 3. The van der Waals surface area contributed by atoms with E-state index in [9.17, 15) is 4.79 Å². The summed E-state index contributed by atoms with van der Waals surface area (Å²) in [5.41, 5.74) is 1.48. The van der Waals surface area contributed by atoms with Gasteiger partial charge in [-0.2, -0.15) is 0 Å². The zero-order valence-electron chi connectivity index (χ0n) is 8.38. The lowest BCUT2D eigenvalue weighted by molar-refractivity contribution is 0.245. The Kier molecular flexibility index (Phi) is 4.39. The van der Waals surface area contributed by atoms with Crippen molar-refractivity contribution in [2.45, 2.75) is 6.92 Å². The third kappa shape index (κ3) is 3.42. The second kappa shape index (κ2) is 5.58. The van der Waals surface area contributed by atoms with Gasteiger partial charge < -0.3 is 15.7 Å². The molecule has 0 aliphatic carbocycles. The molecule has 4 nitrogen and oxygen atoms in total. The first-order chi connectivity index (χ1) is 7.15. The molecule has 15 heavy (non-hydrogen) atoms. The molecule has 0 radical (unpaired) electrons. The number of amides is 2. The quantitative estimate of drug-likeness (QED) is 0.738. The van der Waals surface area contributed by atoms with Crippen molar-refractivity contribution in [1.29, 1.82) is 0 Å². The van der Waals surface area contributed by atoms with Crippen molar-refractivity contribution in [3.63, 3.8) is 0 Å². The van der Waals surface area contributed by atoms with Gasteiger partial charge in [-0.1, -0.05) is 17.7 Å². The van der Waals surface area contributed by atoms with E-state index in [-0.39, 0.29) is 19.2 Å². The summed E-state index contributed by atoms with van der Waals surface area (Å²) in [6.07, 6.45) is 0. The van der Waals surface area contributed by atoms with Crippen LogP contribution in [-0.2, 0) is 0 Å². The SMILES string of the molecule is Cc1c(Cl)cccc1NC(=O)NCCO. The van der Waals surface area contributed by atoms with Gasteiger partial charge in [0.1, 0.15) is 0 Å². The van der Waals surface area contributed by atoms with Crippen molar-refractivity contribution in [2.75, 3.05) is 18.5 Å². The minimum Gasteiger partial charge on any atom is -0.395 e. The van der Waals surface area contributed by atoms with Crippen LogP contribution >= 0.6 is 11.6 Å². The van der Waals surface area contributed by atoms with Crippen LogP contribution in [0, 0.1) is 6.92 Å². The molecule has 0 aliphatic rings. The molecule has 1 aromatic carbocycles. The third-order valence-corrected chi connectivity index (χ3v) is 2.32. The second-order valence-corrected chi connectivity index (χ2v) is 3.42. The van der Waals surface area contributed by atoms with E-state index in [1.165, 1.54) is 0 Å². The van der Waals surface area contributed by atoms with Crippen molar-refractivity contribution in [1.82, 2.24) is 5.32 Å². The summed E-state index contributed by atoms with van der Waals surface area (Å²) in [5.74, 6) is 0. The van der Waals surface area contributed by atoms with Gasteiger partial charge in [0.05, 0.1) is 6.61 Å². The van der Waals surface area contributed by atoms with E-state index in [2.05, 4.69) is 10.6 Å². The van der Waals surface area contributed by atoms with Crippen LogP contribution in [-0.4, -0.2) is 24.3 Å². The molecule has 3 N–H and O–H groups in total. The van der Waals surface area contributed by atoms with Gasteiger partial charge in [-0.3, -0.25) is 0 Å². The Morgan fingerprint density at radius 3 is 2.93 bits per heavy atom. The fourth-order valence-electron chi connectivity index (χ4n) is 1.08. The molecule has 82 valence electrons. The fourth-order valence-corrected chi connectivity index (χ4v) is 1.25. The molecule has 0 spiro atoms. The summed E-state index contributed by atoms with van der Waals surface area (Å²) in [7, 11) is 0. The maximum atomic E-state index is 11.3. The maximum Gasteiger partial charge on any atom is 0.319 e. The number of nitrogens with one attached hydrogen (secondary N) is 2. The Balaban J connectivity index is 2.64. The smallest absolute Gasteiger partial charge is 0.319 e. The van der Waals surface area contributed by atoms with E-state index < -0.39 is 0 Å². The molecule has 0 bridgehead atoms. The van der Waals surface area contributed by atoms with Gasteiger partial charge in [-0.25, -0.2) is 4.79 Å². The molecule has 0 aromatic heterocycles. The molecule has 0 unspecified atom stereocenters. The van der Waals surface area contributed by atoms with Crippen LogP contribution in [0.15, 0.2) is 18.2 Å². The van der Waals surface area contributed by atoms with Gasteiger partial charge in [0, 0.05) is 17.3 Å². The molecule has 1 rings (SSSR count). The molecule has 0 heterocycles. The Morgan fingerprint density at radius 2 is 2.27 bits per heavy atom. The number of aliphatic hydroxyl groups excluding tert-OH is 1. The van der Waals surface area contributed by atoms with E-state index >= 15 is 0 Å². The molecular formula is C10H13ClN2O2. The Morgan fingerprint density at radius 1 is 1.53 bits per heavy atom. The van der Waals surface area contributed by atoms with Gasteiger partial charge in [0.15, 0.2) is 0 Å². The molecule has 0 saturated carbocycles. The number of rotatable bonds is 3. The lowest BCUT2D eigenvalue weighted by Crippen LogP contribution is -2.31. The minimum absolute atomic E-state index is 0.0814. The first-order valence-electron chi connectivity index (χ1n) is 4.56. The summed E-state index contributed by atoms with van der Waals surface area (Å²) >= 11 is 5.89. The van der Waals surface area contributed by atoms with E-state index in [4.69, 9.17) is 16.7 Å². The predicted molar refractivity (Wildman–Crippen MR) is 60.3 cm³/mol. The summed E-state index contributed by atoms with van der Waals surface area (Å²) in [4.78, 5) is 11.3. The Labute approximate surface area is 93.2 Å². The average Bonchev–Trinajstić information content (AvgIpc) is 2.22. The van der Waals surface area contributed by atoms with Crippen LogP contribution < -0.4 is 10.6 Å². The number of hydrogen-bond acceptors (Lipinski definition) is 2. The van der Waals surface area contributed by atoms with Gasteiger partial charge >= 0.3 is 6.03 Å². The first-order valence-corrected chi connectivity index (χ1v) is 4.93. The van der Waals surface area contributed by atoms with Crippen LogP contribution in [0.2, 0.25) is 5.02 Å². The largest absolute Gasteiger partial charge is 0.395 e. The zero-order chi connectivity index (χ0) is 11.3. The number of carbonyl (C=O) groups is 1. The highest BCUT2D eigenvalue weighted by Crippen LogP contribution is 2.22. The van der Waals surface area contributed by atoms with Crippen molar-refractivity contribution < 1.29 is 9.90 Å². The normalized spacial score (nSPS) is 9.80. The number of halogens is 1. The number of anilines is 1. The zero-order valence-corrected chi connectivity index (χ0v) is 9.14. The van der Waals surface area contributed by atoms with E-state index in [0.717, 1.165) is 5.56 Å². The van der Waals surface area contributed by atoms with Gasteiger partial charge in [-0.05, 0) is 24.6 Å². The van der Waals surface area contributed by atoms with Crippen LogP contribution in [0.4, 0.5) is 10.5 Å². The van der Waals surface area contributed by atoms with Crippen LogP contribution in [0.25, 0.3) is 0 Å². The number of urea groups is 1. The summed E-state index contributed by atoms with van der Waals surface area (Å²) in [6, 6.07) is 4.93. The topological polar surface area (TPSA) is 61.4 Å². The molecule has 1 aromatic rings. The van der Waals surface area contributed by atoms with Gasteiger partial charge in [-0.15, -0.1) is 0 Å². The molecule has 0 aliphatic heterocycles. The monoisotopic (exact) mass is 228 g/mol. The minimum atomic E-state index is -0.352. The predicted octanol–water partition coefficient (Wildman–Crippen LogP) is 1.76. The standard InChI is InChI=1S/C10H13ClN2O2/c1-7-8(11)3-2-4-9(7)13-10(15)12-5-6-14/h2-4,14H,5-6H2,1H3,(H2,12,13,15). The molecule has 5 heteroatoms. The lowest BCUT2D eigenvalue weighted by Gasteiger charge is -2.09. The van der Waals surface area contributed by atoms with Gasteiger partial charge in [0.2, 0.25) is 0 Å². The van der Waals surface area contributed by atoms with Crippen molar-refractivity contribution in [3.8, 4) is 0 Å². The second-order valence-electron chi connectivity index (χ2n) is 3.02. The van der Waals surface area contributed by atoms with Crippen molar-refractivity contribution >= 4 is 23.3 Å². The van der Waals surface area contributed by atoms with E-state index in [1.54, 1.807) is 18.2 Å². The summed E-state index contributed by atoms with van der Waals surface area (Å²) in [5, 5.41) is 14.2. The number of carbonyl (C=O) groups excluding carboxylic acids is 1. The lowest BCUT2D eigenvalue weighted by atomic mass is 10.2. The van der Waals surface area contributed by atoms with Crippen molar-refractivity contribution in [2.24, 2.45) is 0 Å². The van der Waals surface area contributed by atoms with Gasteiger partial charge in [0.25, 0.3) is 0 Å². The average molecular weight is 229 g/mol. The highest BCUT2D eigenvalue weighted by Gasteiger charge is 2.05. The van der Waals surface area contributed by atoms with Crippen LogP contribution in [0.5, 0.6) is 0 Å². The van der Waals surface area contributed by atoms with E-state index in [0.29, 0.717) is 10.7 Å². The Hall–Kier alpha value is -1.26. The maximum absolute atomic E-state index is 11.3. The number of benzene rings is 1. The summed E-state index contributed by atoms with van der Waals surface area (Å²) < 4.78 is 0. The molecule has 0 saturated heterocycles. The summed E-state index contributed by atoms with van der Waals surface area (Å²) in [6.45, 7) is 1.97. The fraction of sp³-hybridized carbons (Fsp3) is 0.300. The van der Waals surface area contributed by atoms with Crippen LogP contribution in [0.1, 0.15) is 5.56 Å². The molecule has 0 fully saturated rings. The first kappa shape index (κ1) is 11.8. The van der Waals surface area contributed by atoms with E-state index in [1.807, 2.05) is 6.92 Å². The molecule has 2 amide bonds. The van der Waals surface area contributed by atoms with Crippen molar-refractivity contribution in [3.05, 3.63) is 28.8 Å². The number of aliphatic hydroxyl groups is 1. The highest BCUT2D eigenvalue weighted by atomic mass is 35.5. The highest BCUT2D eigenvalue weighted by molar-refractivity contribution is 6.31. The van der Waals surface area contributed by atoms with Crippen LogP contribution in [0.3, 0.4) is 0 Å². The third-order valence-electron chi connectivity index (χ3n) is 1.91. The Bertz CT molecular complexity index is 355. The molecular weight excluding hydrogens is 216 g/mol. The molecule has 0 atom stereocenters.